The van der Waals surface area contributed by atoms with Crippen LogP contribution in [-0.2, 0) is 16.8 Å². The van der Waals surface area contributed by atoms with Crippen LogP contribution in [0.1, 0.15) is 50.7 Å². The number of hydrogen-bond donors (Lipinski definition) is 1. The Balaban J connectivity index is 1.45. The molecule has 0 aliphatic carbocycles. The molecule has 6 nitrogen and oxygen atoms in total. The van der Waals surface area contributed by atoms with E-state index in [4.69, 9.17) is 9.47 Å². The molecule has 37 heavy (non-hydrogen) atoms. The molecule has 0 fully saturated rings. The number of pyridine rings is 1. The second-order valence-electron chi connectivity index (χ2n) is 10.2. The lowest BCUT2D eigenvalue weighted by Gasteiger charge is -2.27. The van der Waals surface area contributed by atoms with E-state index in [1.165, 1.54) is 12.1 Å². The molecule has 0 saturated carbocycles. The van der Waals surface area contributed by atoms with Crippen molar-refractivity contribution >= 4 is 5.91 Å². The summed E-state index contributed by atoms with van der Waals surface area (Å²) in [4.78, 5) is 19.6. The summed E-state index contributed by atoms with van der Waals surface area (Å²) in [5, 5.41) is 3.09. The monoisotopic (exact) mass is 505 g/mol. The molecule has 0 unspecified atom stereocenters. The number of halogens is 1. The molecular formula is C30H36FN3O3. The van der Waals surface area contributed by atoms with Gasteiger partial charge in [-0.2, -0.15) is 0 Å². The summed E-state index contributed by atoms with van der Waals surface area (Å²) in [6.45, 7) is 6.79. The maximum atomic E-state index is 13.3. The molecule has 4 rings (SSSR count). The molecule has 7 heteroatoms. The predicted molar refractivity (Wildman–Crippen MR) is 142 cm³/mol. The minimum absolute atomic E-state index is 0.0404. The van der Waals surface area contributed by atoms with Gasteiger partial charge in [0.15, 0.2) is 11.5 Å². The summed E-state index contributed by atoms with van der Waals surface area (Å²) < 4.78 is 25.5. The summed E-state index contributed by atoms with van der Waals surface area (Å²) in [7, 11) is 0. The largest absolute Gasteiger partial charge is 0.490 e. The molecule has 3 aromatic rings. The van der Waals surface area contributed by atoms with Gasteiger partial charge in [0.05, 0.1) is 13.2 Å². The van der Waals surface area contributed by atoms with Crippen molar-refractivity contribution in [2.24, 2.45) is 0 Å². The van der Waals surface area contributed by atoms with E-state index in [0.29, 0.717) is 37.1 Å². The van der Waals surface area contributed by atoms with Gasteiger partial charge in [-0.05, 0) is 55.3 Å². The Hall–Kier alpha value is -3.45. The fraction of sp³-hybridized carbons (Fsp3) is 0.400. The Morgan fingerprint density at radius 1 is 1.00 bits per heavy atom. The molecule has 2 aromatic carbocycles. The molecule has 1 N–H and O–H groups in total. The number of aromatic nitrogens is 1. The van der Waals surface area contributed by atoms with E-state index >= 15 is 0 Å². The summed E-state index contributed by atoms with van der Waals surface area (Å²) >= 11 is 0. The van der Waals surface area contributed by atoms with Gasteiger partial charge in [-0.3, -0.25) is 9.69 Å². The van der Waals surface area contributed by atoms with E-state index in [9.17, 15) is 9.18 Å². The SMILES string of the molecule is CC(C)(CNC(=O)CN1CCCCCCOc2ccccc2Oc2ncccc2C1)c1ccc(F)cc1. The quantitative estimate of drug-likeness (QED) is 0.470. The van der Waals surface area contributed by atoms with Gasteiger partial charge in [0.2, 0.25) is 11.8 Å². The van der Waals surface area contributed by atoms with Crippen LogP contribution in [0.25, 0.3) is 0 Å². The molecule has 0 atom stereocenters. The molecule has 0 bridgehead atoms. The zero-order chi connectivity index (χ0) is 26.1. The summed E-state index contributed by atoms with van der Waals surface area (Å²) in [6.07, 6.45) is 5.79. The number of amides is 1. The van der Waals surface area contributed by atoms with Crippen molar-refractivity contribution in [3.63, 3.8) is 0 Å². The van der Waals surface area contributed by atoms with Gasteiger partial charge < -0.3 is 14.8 Å². The van der Waals surface area contributed by atoms with E-state index in [-0.39, 0.29) is 23.7 Å². The standard InChI is InChI=1S/C30H36FN3O3/c1-30(2,24-13-15-25(31)16-14-24)22-33-28(35)21-34-18-7-3-4-8-19-36-26-11-5-6-12-27(26)37-29-23(20-34)10-9-17-32-29/h5-6,9-17H,3-4,7-8,18-22H2,1-2H3,(H,33,35). The van der Waals surface area contributed by atoms with Gasteiger partial charge in [-0.1, -0.05) is 57.0 Å². The van der Waals surface area contributed by atoms with Crippen LogP contribution in [0.3, 0.4) is 0 Å². The normalized spacial score (nSPS) is 15.3. The molecule has 1 aromatic heterocycles. The van der Waals surface area contributed by atoms with E-state index < -0.39 is 0 Å². The van der Waals surface area contributed by atoms with Gasteiger partial charge >= 0.3 is 0 Å². The summed E-state index contributed by atoms with van der Waals surface area (Å²) in [5.41, 5.74) is 1.57. The van der Waals surface area contributed by atoms with E-state index in [0.717, 1.165) is 43.4 Å². The number of hydrogen-bond acceptors (Lipinski definition) is 5. The van der Waals surface area contributed by atoms with Gasteiger partial charge in [-0.25, -0.2) is 9.37 Å². The highest BCUT2D eigenvalue weighted by molar-refractivity contribution is 5.78. The molecule has 2 heterocycles. The first kappa shape index (κ1) is 26.6. The summed E-state index contributed by atoms with van der Waals surface area (Å²) in [6, 6.07) is 18.0. The number of carbonyl (C=O) groups is 1. The van der Waals surface area contributed by atoms with Gasteiger partial charge in [0.25, 0.3) is 0 Å². The van der Waals surface area contributed by atoms with Crippen LogP contribution in [0.4, 0.5) is 4.39 Å². The highest BCUT2D eigenvalue weighted by Gasteiger charge is 2.23. The van der Waals surface area contributed by atoms with Gasteiger partial charge in [-0.15, -0.1) is 0 Å². The van der Waals surface area contributed by atoms with Crippen LogP contribution in [-0.4, -0.2) is 42.0 Å². The zero-order valence-electron chi connectivity index (χ0n) is 21.7. The Labute approximate surface area is 218 Å². The van der Waals surface area contributed by atoms with Crippen molar-refractivity contribution in [1.82, 2.24) is 15.2 Å². The fourth-order valence-electron chi connectivity index (χ4n) is 4.40. The van der Waals surface area contributed by atoms with E-state index in [1.807, 2.05) is 50.2 Å². The number of para-hydroxylation sites is 2. The third-order valence-corrected chi connectivity index (χ3v) is 6.65. The first-order valence-corrected chi connectivity index (χ1v) is 13.0. The fourth-order valence-corrected chi connectivity index (χ4v) is 4.40. The third-order valence-electron chi connectivity index (χ3n) is 6.65. The molecule has 0 saturated heterocycles. The van der Waals surface area contributed by atoms with Crippen molar-refractivity contribution in [3.8, 4) is 17.4 Å². The van der Waals surface area contributed by atoms with Gasteiger partial charge in [0.1, 0.15) is 5.82 Å². The number of nitrogens with zero attached hydrogens (tertiary/aromatic N) is 2. The van der Waals surface area contributed by atoms with E-state index in [2.05, 4.69) is 15.2 Å². The number of ether oxygens (including phenoxy) is 2. The molecule has 0 radical (unpaired) electrons. The first-order chi connectivity index (χ1) is 17.9. The van der Waals surface area contributed by atoms with Crippen LogP contribution in [0.15, 0.2) is 66.9 Å². The first-order valence-electron chi connectivity index (χ1n) is 13.0. The molecule has 1 aliphatic heterocycles. The van der Waals surface area contributed by atoms with Crippen molar-refractivity contribution in [2.45, 2.75) is 51.5 Å². The van der Waals surface area contributed by atoms with Crippen LogP contribution in [0.5, 0.6) is 17.4 Å². The highest BCUT2D eigenvalue weighted by Crippen LogP contribution is 2.32. The Morgan fingerprint density at radius 2 is 1.76 bits per heavy atom. The molecular weight excluding hydrogens is 469 g/mol. The number of carbonyl (C=O) groups excluding carboxylic acids is 1. The van der Waals surface area contributed by atoms with Crippen molar-refractivity contribution in [3.05, 3.63) is 83.8 Å². The molecule has 196 valence electrons. The number of fused-ring (bicyclic) bond motifs is 2. The second-order valence-corrected chi connectivity index (χ2v) is 10.2. The molecule has 0 spiro atoms. The maximum Gasteiger partial charge on any atom is 0.234 e. The molecule has 1 amide bonds. The topological polar surface area (TPSA) is 63.7 Å². The number of nitrogens with one attached hydrogen (secondary N) is 1. The highest BCUT2D eigenvalue weighted by atomic mass is 19.1. The lowest BCUT2D eigenvalue weighted by Crippen LogP contribution is -2.42. The van der Waals surface area contributed by atoms with Crippen molar-refractivity contribution < 1.29 is 18.7 Å². The lowest BCUT2D eigenvalue weighted by molar-refractivity contribution is -0.122. The van der Waals surface area contributed by atoms with Crippen LogP contribution in [0.2, 0.25) is 0 Å². The van der Waals surface area contributed by atoms with Crippen LogP contribution in [0, 0.1) is 5.82 Å². The maximum absolute atomic E-state index is 13.3. The predicted octanol–water partition coefficient (Wildman–Crippen LogP) is 5.86. The minimum Gasteiger partial charge on any atom is -0.490 e. The Kier molecular flexibility index (Phi) is 9.12. The van der Waals surface area contributed by atoms with Crippen LogP contribution < -0.4 is 14.8 Å². The summed E-state index contributed by atoms with van der Waals surface area (Å²) in [5.74, 6) is 1.54. The average molecular weight is 506 g/mol. The zero-order valence-corrected chi connectivity index (χ0v) is 21.7. The van der Waals surface area contributed by atoms with Crippen molar-refractivity contribution in [1.29, 1.82) is 0 Å². The van der Waals surface area contributed by atoms with Crippen molar-refractivity contribution in [2.75, 3.05) is 26.2 Å². The Bertz CT molecular complexity index is 1170. The second kappa shape index (κ2) is 12.7. The lowest BCUT2D eigenvalue weighted by atomic mass is 9.84. The smallest absolute Gasteiger partial charge is 0.234 e. The van der Waals surface area contributed by atoms with Crippen LogP contribution >= 0.6 is 0 Å². The Morgan fingerprint density at radius 3 is 2.57 bits per heavy atom. The van der Waals surface area contributed by atoms with Gasteiger partial charge in [0, 0.05) is 30.3 Å². The minimum atomic E-state index is -0.318. The molecule has 1 aliphatic rings. The average Bonchev–Trinajstić information content (AvgIpc) is 2.89. The van der Waals surface area contributed by atoms with E-state index in [1.54, 1.807) is 18.3 Å². The number of rotatable bonds is 5. The third kappa shape index (κ3) is 7.76. The number of benzene rings is 2.